The number of rotatable bonds is 6. The zero-order valence-electron chi connectivity index (χ0n) is 8.94. The maximum atomic E-state index is 11.8. The van der Waals surface area contributed by atoms with Gasteiger partial charge in [0.1, 0.15) is 5.69 Å². The fourth-order valence-electron chi connectivity index (χ4n) is 1.33. The Morgan fingerprint density at radius 3 is 2.93 bits per heavy atom. The van der Waals surface area contributed by atoms with Gasteiger partial charge in [-0.15, -0.1) is 0 Å². The number of aromatic amines is 1. The van der Waals surface area contributed by atoms with E-state index in [0.717, 1.165) is 12.8 Å². The number of nitrogens with one attached hydrogen (secondary N) is 1. The van der Waals surface area contributed by atoms with E-state index in [1.54, 1.807) is 17.2 Å². The zero-order chi connectivity index (χ0) is 11.1. The molecule has 0 aliphatic heterocycles. The average molecular weight is 211 g/mol. The Bertz CT molecular complexity index is 285. The van der Waals surface area contributed by atoms with Gasteiger partial charge in [0, 0.05) is 19.3 Å². The Labute approximate surface area is 89.1 Å². The summed E-state index contributed by atoms with van der Waals surface area (Å²) in [5.74, 6) is -0.102. The number of amides is 1. The van der Waals surface area contributed by atoms with Crippen LogP contribution in [0.15, 0.2) is 12.3 Å². The lowest BCUT2D eigenvalue weighted by molar-refractivity contribution is 0.0713. The molecule has 0 radical (unpaired) electrons. The summed E-state index contributed by atoms with van der Waals surface area (Å²) >= 11 is 0. The lowest BCUT2D eigenvalue weighted by Gasteiger charge is -2.20. The topological polar surface area (TPSA) is 69.2 Å². The van der Waals surface area contributed by atoms with Gasteiger partial charge in [-0.05, 0) is 12.5 Å². The van der Waals surface area contributed by atoms with Gasteiger partial charge in [0.25, 0.3) is 5.91 Å². The molecule has 0 aromatic carbocycles. The average Bonchev–Trinajstić information content (AvgIpc) is 2.76. The van der Waals surface area contributed by atoms with Crippen LogP contribution in [0.2, 0.25) is 0 Å². The smallest absolute Gasteiger partial charge is 0.271 e. The molecule has 0 saturated heterocycles. The molecule has 1 heterocycles. The maximum absolute atomic E-state index is 11.8. The van der Waals surface area contributed by atoms with Crippen LogP contribution in [0.25, 0.3) is 0 Å². The number of unbranched alkanes of at least 4 members (excludes halogenated alkanes) is 1. The molecule has 5 heteroatoms. The molecule has 5 nitrogen and oxygen atoms in total. The largest absolute Gasteiger partial charge is 0.395 e. The molecule has 0 aliphatic carbocycles. The SMILES string of the molecule is CCCCN(CCO)C(=O)c1ccn[nH]1. The molecule has 1 aromatic heterocycles. The Morgan fingerprint density at radius 1 is 1.60 bits per heavy atom. The Balaban J connectivity index is 2.58. The fourth-order valence-corrected chi connectivity index (χ4v) is 1.33. The standard InChI is InChI=1S/C10H17N3O2/c1-2-3-6-13(7-8-14)10(15)9-4-5-11-12-9/h4-5,14H,2-3,6-8H2,1H3,(H,11,12). The van der Waals surface area contributed by atoms with E-state index in [4.69, 9.17) is 5.11 Å². The van der Waals surface area contributed by atoms with Gasteiger partial charge in [-0.25, -0.2) is 0 Å². The normalized spacial score (nSPS) is 10.3. The number of hydrogen-bond acceptors (Lipinski definition) is 3. The van der Waals surface area contributed by atoms with Crippen molar-refractivity contribution in [3.8, 4) is 0 Å². The molecule has 15 heavy (non-hydrogen) atoms. The molecule has 0 fully saturated rings. The summed E-state index contributed by atoms with van der Waals surface area (Å²) < 4.78 is 0. The molecule has 0 saturated carbocycles. The Kier molecular flexibility index (Phi) is 4.83. The molecule has 0 atom stereocenters. The summed E-state index contributed by atoms with van der Waals surface area (Å²) in [6.07, 6.45) is 3.52. The first-order valence-electron chi connectivity index (χ1n) is 5.19. The van der Waals surface area contributed by atoms with Gasteiger partial charge in [0.05, 0.1) is 6.61 Å². The maximum Gasteiger partial charge on any atom is 0.271 e. The first-order valence-corrected chi connectivity index (χ1v) is 5.19. The van der Waals surface area contributed by atoms with Crippen molar-refractivity contribution in [1.29, 1.82) is 0 Å². The second-order valence-electron chi connectivity index (χ2n) is 3.34. The van der Waals surface area contributed by atoms with Crippen molar-refractivity contribution >= 4 is 5.91 Å². The highest BCUT2D eigenvalue weighted by molar-refractivity contribution is 5.92. The van der Waals surface area contributed by atoms with Gasteiger partial charge in [0.15, 0.2) is 0 Å². The summed E-state index contributed by atoms with van der Waals surface area (Å²) in [6.45, 7) is 3.11. The van der Waals surface area contributed by atoms with Gasteiger partial charge < -0.3 is 10.0 Å². The van der Waals surface area contributed by atoms with Crippen LogP contribution in [0.3, 0.4) is 0 Å². The van der Waals surface area contributed by atoms with E-state index in [1.807, 2.05) is 0 Å². The van der Waals surface area contributed by atoms with Crippen molar-refractivity contribution in [1.82, 2.24) is 15.1 Å². The van der Waals surface area contributed by atoms with E-state index in [0.29, 0.717) is 18.8 Å². The van der Waals surface area contributed by atoms with E-state index >= 15 is 0 Å². The lowest BCUT2D eigenvalue weighted by atomic mass is 10.3. The third-order valence-electron chi connectivity index (χ3n) is 2.17. The molecule has 0 unspecified atom stereocenters. The van der Waals surface area contributed by atoms with Crippen molar-refractivity contribution in [2.45, 2.75) is 19.8 Å². The minimum atomic E-state index is -0.102. The quantitative estimate of drug-likeness (QED) is 0.725. The second kappa shape index (κ2) is 6.19. The molecule has 84 valence electrons. The van der Waals surface area contributed by atoms with Crippen LogP contribution in [0, 0.1) is 0 Å². The number of carbonyl (C=O) groups excluding carboxylic acids is 1. The number of aromatic nitrogens is 2. The Morgan fingerprint density at radius 2 is 2.40 bits per heavy atom. The van der Waals surface area contributed by atoms with Crippen molar-refractivity contribution in [2.24, 2.45) is 0 Å². The van der Waals surface area contributed by atoms with Crippen LogP contribution < -0.4 is 0 Å². The number of nitrogens with zero attached hydrogens (tertiary/aromatic N) is 2. The van der Waals surface area contributed by atoms with E-state index in [1.165, 1.54) is 0 Å². The number of carbonyl (C=O) groups is 1. The number of aliphatic hydroxyl groups is 1. The van der Waals surface area contributed by atoms with Crippen LogP contribution in [0.1, 0.15) is 30.3 Å². The molecular formula is C10H17N3O2. The summed E-state index contributed by atoms with van der Waals surface area (Å²) in [4.78, 5) is 13.5. The monoisotopic (exact) mass is 211 g/mol. The molecule has 1 rings (SSSR count). The third-order valence-corrected chi connectivity index (χ3v) is 2.17. The predicted molar refractivity (Wildman–Crippen MR) is 56.5 cm³/mol. The fraction of sp³-hybridized carbons (Fsp3) is 0.600. The molecule has 2 N–H and O–H groups in total. The van der Waals surface area contributed by atoms with E-state index in [9.17, 15) is 4.79 Å². The number of aliphatic hydroxyl groups excluding tert-OH is 1. The van der Waals surface area contributed by atoms with Gasteiger partial charge in [0.2, 0.25) is 0 Å². The number of hydrogen-bond donors (Lipinski definition) is 2. The highest BCUT2D eigenvalue weighted by atomic mass is 16.3. The Hall–Kier alpha value is -1.36. The molecule has 0 spiro atoms. The van der Waals surface area contributed by atoms with Crippen molar-refractivity contribution < 1.29 is 9.90 Å². The van der Waals surface area contributed by atoms with Crippen molar-refractivity contribution in [3.05, 3.63) is 18.0 Å². The third kappa shape index (κ3) is 3.36. The van der Waals surface area contributed by atoms with Gasteiger partial charge in [-0.3, -0.25) is 9.89 Å². The minimum Gasteiger partial charge on any atom is -0.395 e. The van der Waals surface area contributed by atoms with Gasteiger partial charge in [-0.2, -0.15) is 5.10 Å². The molecule has 0 aliphatic rings. The first kappa shape index (κ1) is 11.7. The van der Waals surface area contributed by atoms with E-state index in [2.05, 4.69) is 17.1 Å². The van der Waals surface area contributed by atoms with Crippen molar-refractivity contribution in [3.63, 3.8) is 0 Å². The predicted octanol–water partition coefficient (Wildman–Crippen LogP) is 0.644. The second-order valence-corrected chi connectivity index (χ2v) is 3.34. The molecule has 0 bridgehead atoms. The summed E-state index contributed by atoms with van der Waals surface area (Å²) in [5, 5.41) is 15.2. The molecule has 1 amide bonds. The lowest BCUT2D eigenvalue weighted by Crippen LogP contribution is -2.34. The van der Waals surface area contributed by atoms with Gasteiger partial charge in [-0.1, -0.05) is 13.3 Å². The zero-order valence-corrected chi connectivity index (χ0v) is 8.94. The molecular weight excluding hydrogens is 194 g/mol. The van der Waals surface area contributed by atoms with Crippen LogP contribution in [0.4, 0.5) is 0 Å². The number of H-pyrrole nitrogens is 1. The summed E-state index contributed by atoms with van der Waals surface area (Å²) in [7, 11) is 0. The summed E-state index contributed by atoms with van der Waals surface area (Å²) in [6, 6.07) is 1.64. The van der Waals surface area contributed by atoms with Crippen LogP contribution >= 0.6 is 0 Å². The first-order chi connectivity index (χ1) is 7.29. The van der Waals surface area contributed by atoms with Crippen LogP contribution in [0.5, 0.6) is 0 Å². The highest BCUT2D eigenvalue weighted by Crippen LogP contribution is 2.02. The van der Waals surface area contributed by atoms with Gasteiger partial charge >= 0.3 is 0 Å². The summed E-state index contributed by atoms with van der Waals surface area (Å²) in [5.41, 5.74) is 0.472. The van der Waals surface area contributed by atoms with Crippen LogP contribution in [-0.4, -0.2) is 45.8 Å². The molecule has 1 aromatic rings. The van der Waals surface area contributed by atoms with E-state index < -0.39 is 0 Å². The minimum absolute atomic E-state index is 0.0103. The van der Waals surface area contributed by atoms with E-state index in [-0.39, 0.29) is 12.5 Å². The van der Waals surface area contributed by atoms with Crippen LogP contribution in [-0.2, 0) is 0 Å². The van der Waals surface area contributed by atoms with Crippen molar-refractivity contribution in [2.75, 3.05) is 19.7 Å². The highest BCUT2D eigenvalue weighted by Gasteiger charge is 2.15.